The van der Waals surface area contributed by atoms with E-state index >= 15 is 0 Å². The Morgan fingerprint density at radius 3 is 2.93 bits per heavy atom. The van der Waals surface area contributed by atoms with Crippen LogP contribution in [0.5, 0.6) is 0 Å². The quantitative estimate of drug-likeness (QED) is 0.775. The van der Waals surface area contributed by atoms with Crippen molar-refractivity contribution in [3.8, 4) is 10.7 Å². The Morgan fingerprint density at radius 2 is 2.27 bits per heavy atom. The summed E-state index contributed by atoms with van der Waals surface area (Å²) in [7, 11) is 0. The predicted molar refractivity (Wildman–Crippen MR) is 61.0 cm³/mol. The number of aromatic nitrogens is 2. The molecule has 2 aromatic rings. The third kappa shape index (κ3) is 2.27. The average Bonchev–Trinajstić information content (AvgIpc) is 2.29. The van der Waals surface area contributed by atoms with Crippen molar-refractivity contribution < 1.29 is 0 Å². The van der Waals surface area contributed by atoms with Gasteiger partial charge in [0.2, 0.25) is 0 Å². The van der Waals surface area contributed by atoms with Crippen molar-refractivity contribution in [2.24, 2.45) is 0 Å². The van der Waals surface area contributed by atoms with Crippen molar-refractivity contribution in [3.05, 3.63) is 45.7 Å². The van der Waals surface area contributed by atoms with Gasteiger partial charge in [0, 0.05) is 17.1 Å². The molecule has 15 heavy (non-hydrogen) atoms. The van der Waals surface area contributed by atoms with E-state index in [0.717, 1.165) is 17.0 Å². The van der Waals surface area contributed by atoms with Gasteiger partial charge in [-0.25, -0.2) is 0 Å². The smallest absolute Gasteiger partial charge is 0.267 e. The van der Waals surface area contributed by atoms with Gasteiger partial charge in [-0.05, 0) is 18.6 Å². The number of aryl methyl sites for hydroxylation is 1. The van der Waals surface area contributed by atoms with Gasteiger partial charge < -0.3 is 0 Å². The molecular formula is C11H10N2OS. The van der Waals surface area contributed by atoms with Crippen molar-refractivity contribution in [3.63, 3.8) is 0 Å². The first-order valence-corrected chi connectivity index (χ1v) is 5.53. The number of rotatable bonds is 2. The molecule has 0 aliphatic rings. The zero-order valence-corrected chi connectivity index (χ0v) is 9.12. The molecule has 0 atom stereocenters. The van der Waals surface area contributed by atoms with Crippen LogP contribution in [0.25, 0.3) is 10.7 Å². The highest BCUT2D eigenvalue weighted by atomic mass is 32.1. The highest BCUT2D eigenvalue weighted by Crippen LogP contribution is 2.19. The molecule has 76 valence electrons. The van der Waals surface area contributed by atoms with Gasteiger partial charge in [0.1, 0.15) is 5.01 Å². The molecule has 0 N–H and O–H groups in total. The van der Waals surface area contributed by atoms with Crippen LogP contribution in [0.3, 0.4) is 0 Å². The average molecular weight is 218 g/mol. The van der Waals surface area contributed by atoms with Crippen molar-refractivity contribution in [1.82, 2.24) is 9.97 Å². The van der Waals surface area contributed by atoms with Crippen LogP contribution in [0, 0.1) is 0 Å². The van der Waals surface area contributed by atoms with Gasteiger partial charge in [0.05, 0.1) is 5.69 Å². The van der Waals surface area contributed by atoms with Gasteiger partial charge in [0.15, 0.2) is 0 Å². The molecule has 0 saturated carbocycles. The Labute approximate surface area is 91.5 Å². The lowest BCUT2D eigenvalue weighted by Gasteiger charge is -1.99. The molecule has 0 spiro atoms. The second-order valence-corrected chi connectivity index (χ2v) is 4.15. The van der Waals surface area contributed by atoms with Crippen molar-refractivity contribution >= 4 is 11.3 Å². The van der Waals surface area contributed by atoms with Gasteiger partial charge in [-0.1, -0.05) is 13.0 Å². The topological polar surface area (TPSA) is 42.9 Å². The minimum absolute atomic E-state index is 0.189. The molecule has 0 radical (unpaired) electrons. The molecule has 3 nitrogen and oxygen atoms in total. The molecule has 2 rings (SSSR count). The summed E-state index contributed by atoms with van der Waals surface area (Å²) >= 11 is 1.52. The van der Waals surface area contributed by atoms with E-state index < -0.39 is 0 Å². The summed E-state index contributed by atoms with van der Waals surface area (Å²) in [5.74, 6) is 0. The van der Waals surface area contributed by atoms with E-state index in [0.29, 0.717) is 5.01 Å². The van der Waals surface area contributed by atoms with Crippen LogP contribution in [0.2, 0.25) is 0 Å². The van der Waals surface area contributed by atoms with Crippen LogP contribution in [-0.4, -0.2) is 9.97 Å². The molecule has 4 heteroatoms. The summed E-state index contributed by atoms with van der Waals surface area (Å²) in [5.41, 5.74) is 0.571. The lowest BCUT2D eigenvalue weighted by atomic mass is 10.3. The molecule has 0 saturated heterocycles. The summed E-state index contributed by atoms with van der Waals surface area (Å²) in [6.07, 6.45) is 2.55. The molecule has 0 aliphatic carbocycles. The van der Waals surface area contributed by atoms with Crippen LogP contribution in [0.1, 0.15) is 11.8 Å². The first-order valence-electron chi connectivity index (χ1n) is 4.72. The summed E-state index contributed by atoms with van der Waals surface area (Å²) in [4.78, 5) is 20.5. The van der Waals surface area contributed by atoms with Crippen LogP contribution >= 0.6 is 11.3 Å². The summed E-state index contributed by atoms with van der Waals surface area (Å²) in [6, 6.07) is 7.17. The number of hydrogen-bond donors (Lipinski definition) is 0. The van der Waals surface area contributed by atoms with Crippen LogP contribution in [0.4, 0.5) is 0 Å². The van der Waals surface area contributed by atoms with Crippen molar-refractivity contribution in [1.29, 1.82) is 0 Å². The molecule has 0 amide bonds. The van der Waals surface area contributed by atoms with Crippen LogP contribution < -0.4 is 5.56 Å². The first kappa shape index (κ1) is 9.98. The summed E-state index contributed by atoms with van der Waals surface area (Å²) in [6.45, 7) is 2.02. The zero-order chi connectivity index (χ0) is 10.7. The zero-order valence-electron chi connectivity index (χ0n) is 8.30. The van der Waals surface area contributed by atoms with E-state index in [2.05, 4.69) is 9.97 Å². The normalized spacial score (nSPS) is 10.2. The highest BCUT2D eigenvalue weighted by Gasteiger charge is 2.03. The molecule has 0 aliphatic heterocycles. The van der Waals surface area contributed by atoms with E-state index in [1.54, 1.807) is 12.3 Å². The molecule has 2 aromatic heterocycles. The second kappa shape index (κ2) is 4.31. The van der Waals surface area contributed by atoms with Gasteiger partial charge in [0.25, 0.3) is 5.56 Å². The largest absolute Gasteiger partial charge is 0.272 e. The minimum atomic E-state index is -0.189. The maximum atomic E-state index is 11.3. The predicted octanol–water partition coefficient (Wildman–Crippen LogP) is 2.13. The SMILES string of the molecule is CCc1cc(=O)nc(-c2ccccn2)s1. The Balaban J connectivity index is 2.54. The van der Waals surface area contributed by atoms with Gasteiger partial charge in [-0.15, -0.1) is 11.3 Å². The van der Waals surface area contributed by atoms with Crippen molar-refractivity contribution in [2.75, 3.05) is 0 Å². The van der Waals surface area contributed by atoms with Gasteiger partial charge in [-0.3, -0.25) is 9.78 Å². The third-order valence-corrected chi connectivity index (χ3v) is 3.12. The fourth-order valence-corrected chi connectivity index (χ4v) is 2.13. The standard InChI is InChI=1S/C11H10N2OS/c1-2-8-7-10(14)13-11(15-8)9-5-3-4-6-12-9/h3-7H,2H2,1H3. The van der Waals surface area contributed by atoms with Crippen LogP contribution in [0.15, 0.2) is 35.3 Å². The Kier molecular flexibility index (Phi) is 2.87. The van der Waals surface area contributed by atoms with E-state index in [9.17, 15) is 4.79 Å². The Morgan fingerprint density at radius 1 is 1.40 bits per heavy atom. The first-order chi connectivity index (χ1) is 7.29. The van der Waals surface area contributed by atoms with E-state index in [1.165, 1.54) is 11.3 Å². The van der Waals surface area contributed by atoms with Gasteiger partial charge in [-0.2, -0.15) is 4.98 Å². The summed E-state index contributed by atoms with van der Waals surface area (Å²) in [5, 5.41) is 0.694. The molecule has 0 aromatic carbocycles. The number of nitrogens with zero attached hydrogens (tertiary/aromatic N) is 2. The second-order valence-electron chi connectivity index (χ2n) is 3.04. The van der Waals surface area contributed by atoms with Crippen molar-refractivity contribution in [2.45, 2.75) is 13.3 Å². The number of pyridine rings is 1. The molecule has 2 heterocycles. The van der Waals surface area contributed by atoms with Crippen LogP contribution in [-0.2, 0) is 6.42 Å². The number of hydrogen-bond acceptors (Lipinski definition) is 4. The lowest BCUT2D eigenvalue weighted by Crippen LogP contribution is -2.05. The molecular weight excluding hydrogens is 208 g/mol. The summed E-state index contributed by atoms with van der Waals surface area (Å²) < 4.78 is 0. The van der Waals surface area contributed by atoms with E-state index in [4.69, 9.17) is 0 Å². The van der Waals surface area contributed by atoms with E-state index in [1.807, 2.05) is 25.1 Å². The highest BCUT2D eigenvalue weighted by molar-refractivity contribution is 7.14. The third-order valence-electron chi connectivity index (χ3n) is 1.96. The van der Waals surface area contributed by atoms with E-state index in [-0.39, 0.29) is 5.56 Å². The fraction of sp³-hybridized carbons (Fsp3) is 0.182. The minimum Gasteiger partial charge on any atom is -0.267 e. The maximum absolute atomic E-state index is 11.3. The lowest BCUT2D eigenvalue weighted by molar-refractivity contribution is 1.15. The fourth-order valence-electron chi connectivity index (χ4n) is 1.22. The monoisotopic (exact) mass is 218 g/mol. The molecule has 0 bridgehead atoms. The Hall–Kier alpha value is -1.55. The Bertz CT molecular complexity index is 507. The molecule has 0 fully saturated rings. The van der Waals surface area contributed by atoms with Gasteiger partial charge >= 0.3 is 0 Å². The molecule has 0 unspecified atom stereocenters. The maximum Gasteiger partial charge on any atom is 0.272 e.